The monoisotopic (exact) mass is 448 g/mol. The van der Waals surface area contributed by atoms with Gasteiger partial charge in [-0.25, -0.2) is 4.79 Å². The molecule has 4 aromatic rings. The molecule has 0 atom stereocenters. The third-order valence-corrected chi connectivity index (χ3v) is 5.05. The predicted molar refractivity (Wildman–Crippen MR) is 121 cm³/mol. The first kappa shape index (κ1) is 22.0. The molecule has 0 bridgehead atoms. The standard InChI is InChI=1S/C25H24N2O6/c1-2-3-4-15-31-20-11-9-18(10-12-20)22-16-21(26-32-22)17-5-7-19(8-6-17)25(30)33-27-23(28)13-14-24(27)29/h5-14,16,28-29H,2-4,15H2,1H3. The van der Waals surface area contributed by atoms with E-state index in [1.54, 1.807) is 24.3 Å². The zero-order valence-corrected chi connectivity index (χ0v) is 18.1. The Morgan fingerprint density at radius 3 is 2.27 bits per heavy atom. The zero-order chi connectivity index (χ0) is 23.2. The lowest BCUT2D eigenvalue weighted by atomic mass is 10.1. The van der Waals surface area contributed by atoms with Crippen molar-refractivity contribution in [3.05, 3.63) is 72.3 Å². The van der Waals surface area contributed by atoms with Crippen LogP contribution in [0.5, 0.6) is 17.5 Å². The SMILES string of the molecule is CCCCCOc1ccc(-c2cc(-c3ccc(C(=O)On4c(O)ccc4O)cc3)no2)cc1. The van der Waals surface area contributed by atoms with Crippen molar-refractivity contribution in [2.24, 2.45) is 0 Å². The van der Waals surface area contributed by atoms with Crippen LogP contribution in [0.1, 0.15) is 36.5 Å². The van der Waals surface area contributed by atoms with Gasteiger partial charge >= 0.3 is 5.97 Å². The number of aromatic nitrogens is 2. The van der Waals surface area contributed by atoms with Gasteiger partial charge in [0.25, 0.3) is 0 Å². The van der Waals surface area contributed by atoms with Crippen LogP contribution in [0.4, 0.5) is 0 Å². The van der Waals surface area contributed by atoms with E-state index in [-0.39, 0.29) is 17.3 Å². The van der Waals surface area contributed by atoms with Gasteiger partial charge in [-0.3, -0.25) is 0 Å². The summed E-state index contributed by atoms with van der Waals surface area (Å²) in [4.78, 5) is 17.3. The number of rotatable bonds is 9. The van der Waals surface area contributed by atoms with Crippen LogP contribution in [0.25, 0.3) is 22.6 Å². The average molecular weight is 448 g/mol. The first-order chi connectivity index (χ1) is 16.0. The number of ether oxygens (including phenoxy) is 1. The van der Waals surface area contributed by atoms with E-state index >= 15 is 0 Å². The molecular weight excluding hydrogens is 424 g/mol. The summed E-state index contributed by atoms with van der Waals surface area (Å²) >= 11 is 0. The van der Waals surface area contributed by atoms with Crippen LogP contribution in [0, 0.1) is 0 Å². The predicted octanol–water partition coefficient (Wildman–Crippen LogP) is 5.06. The summed E-state index contributed by atoms with van der Waals surface area (Å²) in [6.45, 7) is 2.86. The molecule has 8 nitrogen and oxygen atoms in total. The lowest BCUT2D eigenvalue weighted by Gasteiger charge is -2.07. The van der Waals surface area contributed by atoms with Gasteiger partial charge in [0, 0.05) is 29.3 Å². The van der Waals surface area contributed by atoms with Crippen molar-refractivity contribution in [3.8, 4) is 40.1 Å². The molecule has 0 amide bonds. The second-order valence-electron chi connectivity index (χ2n) is 7.46. The molecule has 0 aliphatic carbocycles. The van der Waals surface area contributed by atoms with Gasteiger partial charge in [0.05, 0.1) is 12.2 Å². The van der Waals surface area contributed by atoms with Crippen molar-refractivity contribution < 1.29 is 29.1 Å². The fraction of sp³-hybridized carbons (Fsp3) is 0.200. The number of carbonyl (C=O) groups excluding carboxylic acids is 1. The third-order valence-electron chi connectivity index (χ3n) is 5.05. The first-order valence-corrected chi connectivity index (χ1v) is 10.7. The highest BCUT2D eigenvalue weighted by Gasteiger charge is 2.15. The number of aromatic hydroxyl groups is 2. The Bertz CT molecular complexity index is 1190. The summed E-state index contributed by atoms with van der Waals surface area (Å²) in [6.07, 6.45) is 3.35. The van der Waals surface area contributed by atoms with E-state index in [0.29, 0.717) is 22.8 Å². The lowest BCUT2D eigenvalue weighted by molar-refractivity contribution is 0.0382. The Balaban J connectivity index is 1.40. The molecule has 0 saturated carbocycles. The molecule has 2 aromatic heterocycles. The van der Waals surface area contributed by atoms with E-state index < -0.39 is 5.97 Å². The Morgan fingerprint density at radius 2 is 1.61 bits per heavy atom. The molecule has 33 heavy (non-hydrogen) atoms. The molecule has 0 spiro atoms. The van der Waals surface area contributed by atoms with Crippen LogP contribution in [0.2, 0.25) is 0 Å². The van der Waals surface area contributed by atoms with Crippen molar-refractivity contribution in [3.63, 3.8) is 0 Å². The van der Waals surface area contributed by atoms with Crippen LogP contribution in [0.15, 0.2) is 71.3 Å². The van der Waals surface area contributed by atoms with Gasteiger partial charge in [-0.05, 0) is 42.8 Å². The number of benzene rings is 2. The summed E-state index contributed by atoms with van der Waals surface area (Å²) in [5, 5.41) is 23.3. The highest BCUT2D eigenvalue weighted by Crippen LogP contribution is 2.28. The Hall–Kier alpha value is -4.20. The Morgan fingerprint density at radius 1 is 0.939 bits per heavy atom. The van der Waals surface area contributed by atoms with Crippen LogP contribution >= 0.6 is 0 Å². The highest BCUT2D eigenvalue weighted by atomic mass is 16.7. The van der Waals surface area contributed by atoms with Crippen molar-refractivity contribution >= 4 is 5.97 Å². The van der Waals surface area contributed by atoms with Gasteiger partial charge in [0.2, 0.25) is 11.8 Å². The molecule has 0 saturated heterocycles. The van der Waals surface area contributed by atoms with Gasteiger partial charge in [0.15, 0.2) is 5.76 Å². The molecule has 0 aliphatic rings. The quantitative estimate of drug-likeness (QED) is 0.345. The second kappa shape index (κ2) is 9.95. The molecule has 2 heterocycles. The normalized spacial score (nSPS) is 10.8. The van der Waals surface area contributed by atoms with Crippen molar-refractivity contribution in [1.29, 1.82) is 0 Å². The zero-order valence-electron chi connectivity index (χ0n) is 18.1. The summed E-state index contributed by atoms with van der Waals surface area (Å²) in [5.41, 5.74) is 2.49. The van der Waals surface area contributed by atoms with Crippen molar-refractivity contribution in [2.75, 3.05) is 6.61 Å². The fourth-order valence-corrected chi connectivity index (χ4v) is 3.21. The van der Waals surface area contributed by atoms with Crippen molar-refractivity contribution in [2.45, 2.75) is 26.2 Å². The molecule has 170 valence electrons. The largest absolute Gasteiger partial charge is 0.494 e. The first-order valence-electron chi connectivity index (χ1n) is 10.7. The smallest absolute Gasteiger partial charge is 0.363 e. The third kappa shape index (κ3) is 5.17. The molecule has 2 N–H and O–H groups in total. The number of hydrogen-bond donors (Lipinski definition) is 2. The Kier molecular flexibility index (Phi) is 6.64. The summed E-state index contributed by atoms with van der Waals surface area (Å²) in [6, 6.07) is 18.4. The van der Waals surface area contributed by atoms with Gasteiger partial charge in [0.1, 0.15) is 11.4 Å². The lowest BCUT2D eigenvalue weighted by Crippen LogP contribution is -2.18. The topological polar surface area (TPSA) is 107 Å². The summed E-state index contributed by atoms with van der Waals surface area (Å²) in [7, 11) is 0. The number of unbranched alkanes of at least 4 members (excludes halogenated alkanes) is 2. The Labute approximate surface area is 190 Å². The molecule has 2 aromatic carbocycles. The van der Waals surface area contributed by atoms with Crippen LogP contribution in [0.3, 0.4) is 0 Å². The van der Waals surface area contributed by atoms with E-state index in [4.69, 9.17) is 14.1 Å². The average Bonchev–Trinajstić information content (AvgIpc) is 3.45. The van der Waals surface area contributed by atoms with Gasteiger partial charge in [-0.2, -0.15) is 0 Å². The molecule has 0 unspecified atom stereocenters. The summed E-state index contributed by atoms with van der Waals surface area (Å²) in [5.74, 6) is -0.0724. The molecule has 0 radical (unpaired) electrons. The maximum Gasteiger partial charge on any atom is 0.363 e. The second-order valence-corrected chi connectivity index (χ2v) is 7.46. The molecule has 0 fully saturated rings. The van der Waals surface area contributed by atoms with Crippen LogP contribution in [-0.4, -0.2) is 32.7 Å². The van der Waals surface area contributed by atoms with Gasteiger partial charge < -0.3 is 24.3 Å². The summed E-state index contributed by atoms with van der Waals surface area (Å²) < 4.78 is 11.9. The van der Waals surface area contributed by atoms with E-state index in [1.807, 2.05) is 30.3 Å². The highest BCUT2D eigenvalue weighted by molar-refractivity contribution is 5.90. The molecule has 8 heteroatoms. The number of carbonyl (C=O) groups is 1. The molecule has 0 aliphatic heterocycles. The molecular formula is C25H24N2O6. The number of hydrogen-bond acceptors (Lipinski definition) is 7. The van der Waals surface area contributed by atoms with Crippen LogP contribution in [-0.2, 0) is 0 Å². The van der Waals surface area contributed by atoms with Gasteiger partial charge in [-0.1, -0.05) is 37.1 Å². The van der Waals surface area contributed by atoms with E-state index in [1.165, 1.54) is 12.1 Å². The van der Waals surface area contributed by atoms with E-state index in [2.05, 4.69) is 12.1 Å². The maximum atomic E-state index is 12.3. The minimum atomic E-state index is -0.735. The number of nitrogens with zero attached hydrogens (tertiary/aromatic N) is 2. The minimum Gasteiger partial charge on any atom is -0.494 e. The molecule has 4 rings (SSSR count). The van der Waals surface area contributed by atoms with Crippen LogP contribution < -0.4 is 9.57 Å². The fourth-order valence-electron chi connectivity index (χ4n) is 3.21. The maximum absolute atomic E-state index is 12.3. The van der Waals surface area contributed by atoms with Crippen molar-refractivity contribution in [1.82, 2.24) is 9.89 Å². The van der Waals surface area contributed by atoms with E-state index in [0.717, 1.165) is 36.1 Å². The van der Waals surface area contributed by atoms with Gasteiger partial charge in [-0.15, -0.1) is 4.73 Å². The van der Waals surface area contributed by atoms with E-state index in [9.17, 15) is 15.0 Å². The minimum absolute atomic E-state index is 0.240.